The van der Waals surface area contributed by atoms with Crippen LogP contribution in [0.4, 0.5) is 34.1 Å². The molecule has 76 heavy (non-hydrogen) atoms. The molecule has 0 saturated carbocycles. The molecule has 2 heterocycles. The van der Waals surface area contributed by atoms with E-state index in [-0.39, 0.29) is 0 Å². The minimum Gasteiger partial charge on any atom is -0.456 e. The summed E-state index contributed by atoms with van der Waals surface area (Å²) in [5.41, 5.74) is 13.8. The first-order valence-electron chi connectivity index (χ1n) is 24.5. The average Bonchev–Trinajstić information content (AvgIpc) is 4.13. The summed E-state index contributed by atoms with van der Waals surface area (Å²) in [6.07, 6.45) is 1.65. The predicted molar refractivity (Wildman–Crippen MR) is 313 cm³/mol. The Morgan fingerprint density at radius 1 is 0.355 bits per heavy atom. The summed E-state index contributed by atoms with van der Waals surface area (Å²) in [6, 6.07) is 88.0. The maximum Gasteiger partial charge on any atom is 0.488 e. The van der Waals surface area contributed by atoms with E-state index in [1.165, 1.54) is 0 Å². The largest absolute Gasteiger partial charge is 0.488 e. The van der Waals surface area contributed by atoms with Crippen molar-refractivity contribution in [1.29, 1.82) is 0 Å². The van der Waals surface area contributed by atoms with Gasteiger partial charge >= 0.3 is 7.12 Å². The fourth-order valence-corrected chi connectivity index (χ4v) is 9.03. The fraction of sp³-hybridized carbons (Fsp3) is 0. The van der Waals surface area contributed by atoms with Gasteiger partial charge in [0.15, 0.2) is 0 Å². The Labute approximate surface area is 449 Å². The number of carbonyl (C=O) groups is 2. The third kappa shape index (κ3) is 11.9. The zero-order valence-corrected chi connectivity index (χ0v) is 42.5. The molecule has 2 N–H and O–H groups in total. The summed E-state index contributed by atoms with van der Waals surface area (Å²) >= 11 is 3.40. The first-order chi connectivity index (χ1) is 37.3. The highest BCUT2D eigenvalue weighted by molar-refractivity contribution is 9.10. The minimum atomic E-state index is -1.45. The van der Waals surface area contributed by atoms with Crippen LogP contribution < -0.4 is 15.3 Å². The van der Waals surface area contributed by atoms with Gasteiger partial charge in [0.25, 0.3) is 0 Å². The van der Waals surface area contributed by atoms with Gasteiger partial charge < -0.3 is 28.7 Å². The van der Waals surface area contributed by atoms with E-state index >= 15 is 0 Å². The Morgan fingerprint density at radius 2 is 0.671 bits per heavy atom. The van der Waals surface area contributed by atoms with Gasteiger partial charge in [-0.2, -0.15) is 0 Å². The van der Waals surface area contributed by atoms with Crippen LogP contribution in [0.15, 0.2) is 280 Å². The summed E-state index contributed by atoms with van der Waals surface area (Å²) in [6.45, 7) is 0. The van der Waals surface area contributed by atoms with Gasteiger partial charge in [-0.05, 0) is 126 Å². The molecule has 0 aliphatic carbocycles. The molecule has 0 aliphatic heterocycles. The van der Waals surface area contributed by atoms with Gasteiger partial charge in [0.05, 0.1) is 0 Å². The zero-order chi connectivity index (χ0) is 52.2. The van der Waals surface area contributed by atoms with Crippen molar-refractivity contribution < 1.29 is 28.5 Å². The van der Waals surface area contributed by atoms with E-state index in [1.807, 2.05) is 133 Å². The molecule has 0 saturated heterocycles. The van der Waals surface area contributed by atoms with Crippen LogP contribution in [0.5, 0.6) is 0 Å². The van der Waals surface area contributed by atoms with Gasteiger partial charge in [0, 0.05) is 71.6 Å². The Kier molecular flexibility index (Phi) is 15.7. The number of aldehydes is 2. The van der Waals surface area contributed by atoms with E-state index in [2.05, 4.69) is 123 Å². The van der Waals surface area contributed by atoms with Crippen molar-refractivity contribution in [1.82, 2.24) is 0 Å². The highest BCUT2D eigenvalue weighted by atomic mass is 79.9. The number of nitrogens with zero attached hydrogens (tertiary/aromatic N) is 2. The number of para-hydroxylation sites is 4. The number of benzene rings is 10. The molecule has 8 nitrogen and oxygen atoms in total. The van der Waals surface area contributed by atoms with Crippen LogP contribution in [-0.4, -0.2) is 29.7 Å². The van der Waals surface area contributed by atoms with Gasteiger partial charge in [0.2, 0.25) is 0 Å². The summed E-state index contributed by atoms with van der Waals surface area (Å²) in [5, 5.41) is 20.4. The lowest BCUT2D eigenvalue weighted by atomic mass is 9.80. The number of fused-ring (bicyclic) bond motifs is 2. The number of furan rings is 2. The molecule has 2 aromatic heterocycles. The molecule has 0 radical (unpaired) electrons. The highest BCUT2D eigenvalue weighted by Gasteiger charge is 2.16. The number of carbonyl (C=O) groups excluding carboxylic acids is 2. The Hall–Kier alpha value is -9.32. The summed E-state index contributed by atoms with van der Waals surface area (Å²) in [5.74, 6) is 1.59. The van der Waals surface area contributed by atoms with Crippen LogP contribution in [-0.2, 0) is 0 Å². The van der Waals surface area contributed by atoms with Crippen molar-refractivity contribution in [2.45, 2.75) is 0 Å². The summed E-state index contributed by atoms with van der Waals surface area (Å²) in [7, 11) is -1.45. The van der Waals surface area contributed by atoms with E-state index < -0.39 is 7.12 Å². The van der Waals surface area contributed by atoms with Crippen LogP contribution in [0.25, 0.3) is 55.7 Å². The second-order valence-corrected chi connectivity index (χ2v) is 18.6. The Balaban J connectivity index is 0.000000140. The molecular weight excluding hydrogens is 1010 g/mol. The number of hydrogen-bond donors (Lipinski definition) is 2. The second-order valence-electron chi connectivity index (χ2n) is 17.7. The quantitative estimate of drug-likeness (QED) is 0.0920. The molecule has 368 valence electrons. The molecule has 10 heteroatoms. The van der Waals surface area contributed by atoms with E-state index in [1.54, 1.807) is 36.4 Å². The zero-order valence-electron chi connectivity index (χ0n) is 40.9. The third-order valence-electron chi connectivity index (χ3n) is 12.6. The number of anilines is 6. The third-order valence-corrected chi connectivity index (χ3v) is 13.2. The standard InChI is InChI=1S/C33H23NO2.C18H16BNO2.C15H9BrO2/c35-23-24-11-12-28-22-33(36-32(28)21-24)27-15-13-25(14-16-27)26-17-19-31(20-18-26)34(29-7-3-1-4-8-29)30-9-5-2-6-10-30;21-19(22)15-11-13-18(14-12-15)20(16-7-3-1-4-8-16)17-9-5-2-6-10-17;16-13-5-3-11(4-6-13)15-8-12-2-1-10(9-17)7-14(12)18-15/h1-23H;1-14,21-22H;1-9H. The molecule has 10 aromatic carbocycles. The first-order valence-corrected chi connectivity index (χ1v) is 25.3. The molecule has 0 atom stereocenters. The van der Waals surface area contributed by atoms with Gasteiger partial charge in [-0.1, -0.05) is 174 Å². The van der Waals surface area contributed by atoms with Crippen molar-refractivity contribution in [3.63, 3.8) is 0 Å². The van der Waals surface area contributed by atoms with E-state index in [4.69, 9.17) is 8.83 Å². The van der Waals surface area contributed by atoms with E-state index in [0.29, 0.717) is 16.6 Å². The molecule has 12 rings (SSSR count). The van der Waals surface area contributed by atoms with Gasteiger partial charge in [0.1, 0.15) is 35.3 Å². The normalized spacial score (nSPS) is 10.7. The molecule has 0 unspecified atom stereocenters. The molecular formula is C66H48BBrN2O6. The lowest BCUT2D eigenvalue weighted by Gasteiger charge is -2.25. The summed E-state index contributed by atoms with van der Waals surface area (Å²) in [4.78, 5) is 26.1. The van der Waals surface area contributed by atoms with Crippen LogP contribution in [0, 0.1) is 0 Å². The van der Waals surface area contributed by atoms with Gasteiger partial charge in [-0.15, -0.1) is 0 Å². The van der Waals surface area contributed by atoms with Crippen molar-refractivity contribution in [2.75, 3.05) is 9.80 Å². The maximum absolute atomic E-state index is 11.1. The molecule has 0 aliphatic rings. The predicted octanol–water partition coefficient (Wildman–Crippen LogP) is 16.6. The van der Waals surface area contributed by atoms with Crippen molar-refractivity contribution >= 4 is 97.1 Å². The van der Waals surface area contributed by atoms with Crippen LogP contribution in [0.3, 0.4) is 0 Å². The second kappa shape index (κ2) is 23.7. The Morgan fingerprint density at radius 3 is 1.03 bits per heavy atom. The van der Waals surface area contributed by atoms with Crippen LogP contribution in [0.2, 0.25) is 0 Å². The van der Waals surface area contributed by atoms with Crippen LogP contribution in [0.1, 0.15) is 20.7 Å². The van der Waals surface area contributed by atoms with E-state index in [9.17, 15) is 19.6 Å². The van der Waals surface area contributed by atoms with E-state index in [0.717, 1.165) is 107 Å². The molecule has 12 aromatic rings. The number of halogens is 1. The highest BCUT2D eigenvalue weighted by Crippen LogP contribution is 2.37. The molecule has 0 amide bonds. The number of rotatable bonds is 12. The minimum absolute atomic E-state index is 0.477. The molecule has 0 bridgehead atoms. The monoisotopic (exact) mass is 1050 g/mol. The Bertz CT molecular complexity index is 3740. The van der Waals surface area contributed by atoms with Crippen molar-refractivity contribution in [3.05, 3.63) is 283 Å². The lowest BCUT2D eigenvalue weighted by molar-refractivity contribution is 0.111. The van der Waals surface area contributed by atoms with Crippen molar-refractivity contribution in [2.24, 2.45) is 0 Å². The van der Waals surface area contributed by atoms with Crippen LogP contribution >= 0.6 is 15.9 Å². The SMILES string of the molecule is O=Cc1ccc2cc(-c3ccc(-c4ccc(N(c5ccccc5)c5ccccc5)cc4)cc3)oc2c1.O=Cc1ccc2cc(-c3ccc(Br)cc3)oc2c1.OB(O)c1ccc(N(c2ccccc2)c2ccccc2)cc1. The number of hydrogen-bond acceptors (Lipinski definition) is 8. The van der Waals surface area contributed by atoms with Gasteiger partial charge in [-0.3, -0.25) is 9.59 Å². The van der Waals surface area contributed by atoms with Gasteiger partial charge in [-0.25, -0.2) is 0 Å². The smallest absolute Gasteiger partial charge is 0.456 e. The van der Waals surface area contributed by atoms with Crippen molar-refractivity contribution in [3.8, 4) is 33.8 Å². The molecule has 0 spiro atoms. The fourth-order valence-electron chi connectivity index (χ4n) is 8.77. The lowest BCUT2D eigenvalue weighted by Crippen LogP contribution is -2.29. The topological polar surface area (TPSA) is 107 Å². The maximum atomic E-state index is 11.1. The first kappa shape index (κ1) is 50.2. The average molecular weight is 1060 g/mol. The molecule has 0 fully saturated rings. The summed E-state index contributed by atoms with van der Waals surface area (Å²) < 4.78 is 12.8.